The van der Waals surface area contributed by atoms with Crippen LogP contribution in [-0.4, -0.2) is 37.2 Å². The predicted octanol–water partition coefficient (Wildman–Crippen LogP) is 13.9. The highest BCUT2D eigenvalue weighted by molar-refractivity contribution is 5.71. The number of allylic oxidation sites excluding steroid dienone is 2. The van der Waals surface area contributed by atoms with Gasteiger partial charge < -0.3 is 14.2 Å². The average molecular weight is 721 g/mol. The van der Waals surface area contributed by atoms with Crippen LogP contribution in [0.3, 0.4) is 0 Å². The third-order valence-electron chi connectivity index (χ3n) is 9.77. The van der Waals surface area contributed by atoms with E-state index in [4.69, 9.17) is 14.2 Å². The summed E-state index contributed by atoms with van der Waals surface area (Å²) in [5.74, 6) is -0.874. The highest BCUT2D eigenvalue weighted by Gasteiger charge is 2.19. The molecule has 0 aliphatic heterocycles. The van der Waals surface area contributed by atoms with Gasteiger partial charge in [-0.1, -0.05) is 193 Å². The zero-order valence-electron chi connectivity index (χ0n) is 34.1. The highest BCUT2D eigenvalue weighted by Crippen LogP contribution is 2.15. The van der Waals surface area contributed by atoms with Gasteiger partial charge in [0.05, 0.1) is 0 Å². The molecule has 0 N–H and O–H groups in total. The first-order valence-electron chi connectivity index (χ1n) is 22.2. The molecule has 0 aromatic rings. The van der Waals surface area contributed by atoms with Crippen molar-refractivity contribution in [3.05, 3.63) is 12.2 Å². The zero-order chi connectivity index (χ0) is 37.3. The molecule has 0 bridgehead atoms. The Morgan fingerprint density at radius 1 is 0.373 bits per heavy atom. The van der Waals surface area contributed by atoms with E-state index in [-0.39, 0.29) is 31.1 Å². The van der Waals surface area contributed by atoms with Crippen LogP contribution in [0.1, 0.15) is 239 Å². The Balaban J connectivity index is 4.35. The summed E-state index contributed by atoms with van der Waals surface area (Å²) >= 11 is 0. The van der Waals surface area contributed by atoms with Gasteiger partial charge in [0.2, 0.25) is 0 Å². The lowest BCUT2D eigenvalue weighted by Gasteiger charge is -2.18. The van der Waals surface area contributed by atoms with E-state index in [9.17, 15) is 14.4 Å². The van der Waals surface area contributed by atoms with E-state index in [1.807, 2.05) is 0 Å². The molecule has 0 rings (SSSR count). The third-order valence-corrected chi connectivity index (χ3v) is 9.77. The molecule has 51 heavy (non-hydrogen) atoms. The number of carbonyl (C=O) groups excluding carboxylic acids is 3. The highest BCUT2D eigenvalue weighted by atomic mass is 16.6. The number of esters is 3. The minimum Gasteiger partial charge on any atom is -0.462 e. The van der Waals surface area contributed by atoms with Crippen molar-refractivity contribution in [2.75, 3.05) is 13.2 Å². The van der Waals surface area contributed by atoms with Crippen molar-refractivity contribution in [3.8, 4) is 0 Å². The van der Waals surface area contributed by atoms with Gasteiger partial charge in [-0.15, -0.1) is 0 Å². The summed E-state index contributed by atoms with van der Waals surface area (Å²) in [5.41, 5.74) is 0. The third kappa shape index (κ3) is 39.2. The number of hydrogen-bond donors (Lipinski definition) is 0. The second-order valence-electron chi connectivity index (χ2n) is 15.0. The van der Waals surface area contributed by atoms with Crippen molar-refractivity contribution in [3.63, 3.8) is 0 Å². The van der Waals surface area contributed by atoms with E-state index in [0.717, 1.165) is 64.2 Å². The number of unbranched alkanes of at least 4 members (excludes halogenated alkanes) is 27. The Kier molecular flexibility index (Phi) is 39.4. The van der Waals surface area contributed by atoms with Gasteiger partial charge in [-0.2, -0.15) is 0 Å². The minimum absolute atomic E-state index is 0.0684. The summed E-state index contributed by atoms with van der Waals surface area (Å²) in [4.78, 5) is 37.6. The van der Waals surface area contributed by atoms with Crippen LogP contribution in [0.5, 0.6) is 0 Å². The van der Waals surface area contributed by atoms with Crippen LogP contribution in [0.15, 0.2) is 12.2 Å². The Bertz CT molecular complexity index is 794. The van der Waals surface area contributed by atoms with Crippen LogP contribution in [0.25, 0.3) is 0 Å². The molecule has 0 unspecified atom stereocenters. The van der Waals surface area contributed by atoms with Crippen LogP contribution in [0.2, 0.25) is 0 Å². The van der Waals surface area contributed by atoms with Crippen molar-refractivity contribution in [1.29, 1.82) is 0 Å². The van der Waals surface area contributed by atoms with Gasteiger partial charge in [0.25, 0.3) is 0 Å². The van der Waals surface area contributed by atoms with Crippen molar-refractivity contribution < 1.29 is 28.6 Å². The lowest BCUT2D eigenvalue weighted by molar-refractivity contribution is -0.167. The summed E-state index contributed by atoms with van der Waals surface area (Å²) in [6, 6.07) is 0. The van der Waals surface area contributed by atoms with E-state index < -0.39 is 6.10 Å². The van der Waals surface area contributed by atoms with Gasteiger partial charge in [0.1, 0.15) is 13.2 Å². The molecular weight excluding hydrogens is 636 g/mol. The summed E-state index contributed by atoms with van der Waals surface area (Å²) in [5, 5.41) is 0. The molecule has 0 spiro atoms. The van der Waals surface area contributed by atoms with Gasteiger partial charge in [0, 0.05) is 19.3 Å². The van der Waals surface area contributed by atoms with Crippen molar-refractivity contribution in [2.24, 2.45) is 0 Å². The maximum Gasteiger partial charge on any atom is 0.306 e. The Hall–Kier alpha value is -1.85. The molecule has 300 valence electrons. The fourth-order valence-corrected chi connectivity index (χ4v) is 6.36. The fourth-order valence-electron chi connectivity index (χ4n) is 6.36. The van der Waals surface area contributed by atoms with Crippen LogP contribution >= 0.6 is 0 Å². The molecular formula is C45H84O6. The fraction of sp³-hybridized carbons (Fsp3) is 0.889. The van der Waals surface area contributed by atoms with Crippen LogP contribution in [0.4, 0.5) is 0 Å². The first-order chi connectivity index (χ1) is 25.0. The van der Waals surface area contributed by atoms with Crippen LogP contribution in [0, 0.1) is 0 Å². The molecule has 0 amide bonds. The molecule has 0 aromatic heterocycles. The van der Waals surface area contributed by atoms with Gasteiger partial charge in [0.15, 0.2) is 6.10 Å². The Morgan fingerprint density at radius 2 is 0.667 bits per heavy atom. The van der Waals surface area contributed by atoms with Crippen molar-refractivity contribution in [1.82, 2.24) is 0 Å². The Labute approximate surface area is 316 Å². The second kappa shape index (κ2) is 40.9. The van der Waals surface area contributed by atoms with E-state index >= 15 is 0 Å². The molecule has 0 aliphatic rings. The Morgan fingerprint density at radius 3 is 1.04 bits per heavy atom. The summed E-state index contributed by atoms with van der Waals surface area (Å²) in [7, 11) is 0. The minimum atomic E-state index is -0.763. The topological polar surface area (TPSA) is 78.9 Å². The molecule has 0 heterocycles. The zero-order valence-corrected chi connectivity index (χ0v) is 34.1. The number of hydrogen-bond acceptors (Lipinski definition) is 6. The van der Waals surface area contributed by atoms with Gasteiger partial charge >= 0.3 is 17.9 Å². The smallest absolute Gasteiger partial charge is 0.306 e. The normalized spacial score (nSPS) is 12.0. The molecule has 0 radical (unpaired) electrons. The van der Waals surface area contributed by atoms with Crippen LogP contribution in [-0.2, 0) is 28.6 Å². The van der Waals surface area contributed by atoms with Crippen LogP contribution < -0.4 is 0 Å². The first kappa shape index (κ1) is 49.1. The maximum atomic E-state index is 12.7. The predicted molar refractivity (Wildman–Crippen MR) is 215 cm³/mol. The van der Waals surface area contributed by atoms with E-state index in [0.29, 0.717) is 19.3 Å². The first-order valence-corrected chi connectivity index (χ1v) is 22.2. The van der Waals surface area contributed by atoms with Crippen molar-refractivity contribution >= 4 is 17.9 Å². The molecule has 0 fully saturated rings. The molecule has 0 aliphatic carbocycles. The van der Waals surface area contributed by atoms with E-state index in [1.54, 1.807) is 0 Å². The largest absolute Gasteiger partial charge is 0.462 e. The molecule has 1 atom stereocenters. The van der Waals surface area contributed by atoms with Gasteiger partial charge in [-0.25, -0.2) is 0 Å². The lowest BCUT2D eigenvalue weighted by atomic mass is 10.1. The summed E-state index contributed by atoms with van der Waals surface area (Å²) in [6.07, 6.45) is 41.9. The van der Waals surface area contributed by atoms with Crippen molar-refractivity contribution in [2.45, 2.75) is 245 Å². The molecule has 6 nitrogen and oxygen atoms in total. The number of carbonyl (C=O) groups is 3. The quantitative estimate of drug-likeness (QED) is 0.0271. The molecule has 0 saturated carbocycles. The average Bonchev–Trinajstić information content (AvgIpc) is 3.12. The van der Waals surface area contributed by atoms with Gasteiger partial charge in [-0.05, 0) is 38.5 Å². The van der Waals surface area contributed by atoms with E-state index in [2.05, 4.69) is 32.9 Å². The lowest BCUT2D eigenvalue weighted by Crippen LogP contribution is -2.30. The van der Waals surface area contributed by atoms with Gasteiger partial charge in [-0.3, -0.25) is 14.4 Å². The molecule has 0 saturated heterocycles. The number of ether oxygens (including phenoxy) is 3. The molecule has 6 heteroatoms. The maximum absolute atomic E-state index is 12.7. The summed E-state index contributed by atoms with van der Waals surface area (Å²) < 4.78 is 16.7. The number of rotatable bonds is 40. The monoisotopic (exact) mass is 721 g/mol. The van der Waals surface area contributed by atoms with E-state index in [1.165, 1.54) is 135 Å². The summed E-state index contributed by atoms with van der Waals surface area (Å²) in [6.45, 7) is 6.58. The standard InChI is InChI=1S/C45H84O6/c1-4-7-10-13-16-19-22-25-28-31-34-37-43(46)49-40-42(51-45(48)39-36-33-30-27-24-21-18-15-12-9-6-3)41-50-44(47)38-35-32-29-26-23-20-17-14-11-8-5-2/h13,16,42H,4-12,14-15,17-41H2,1-3H3/b16-13-/t42-/m1/s1. The second-order valence-corrected chi connectivity index (χ2v) is 15.0. The SMILES string of the molecule is CCCC/C=C\CCCCCCCC(=O)OC[C@H](COC(=O)CCCCCCCCCCCCC)OC(=O)CCCCCCCCCCCCC. The molecule has 0 aromatic carbocycles.